The average molecular weight is 1800 g/mol. The van der Waals surface area contributed by atoms with Crippen molar-refractivity contribution >= 4 is 146 Å². The van der Waals surface area contributed by atoms with Crippen LogP contribution in [-0.2, 0) is 60.1 Å². The molecule has 0 amide bonds. The van der Waals surface area contributed by atoms with Crippen LogP contribution in [0, 0.1) is 23.7 Å². The topological polar surface area (TPSA) is 142 Å². The predicted molar refractivity (Wildman–Crippen MR) is 506 cm³/mol. The van der Waals surface area contributed by atoms with E-state index in [-0.39, 0.29) is 0 Å². The number of benzene rings is 8. The van der Waals surface area contributed by atoms with Crippen molar-refractivity contribution in [2.24, 2.45) is 23.7 Å². The van der Waals surface area contributed by atoms with Crippen LogP contribution in [-0.4, -0.2) is 153 Å². The summed E-state index contributed by atoms with van der Waals surface area (Å²) in [7, 11) is -32.3. The van der Waals surface area contributed by atoms with E-state index in [1.807, 2.05) is 24.3 Å². The maximum atomic E-state index is 8.78. The average Bonchev–Trinajstić information content (AvgIpc) is 0.939. The Hall–Kier alpha value is -4.20. The first-order valence-electron chi connectivity index (χ1n) is 44.8. The van der Waals surface area contributed by atoms with Gasteiger partial charge in [-0.05, 0) is 258 Å². The predicted octanol–water partition coefficient (Wildman–Crippen LogP) is 15.2. The lowest BCUT2D eigenvalue weighted by Crippen LogP contribution is -2.78. The van der Waals surface area contributed by atoms with Gasteiger partial charge in [-0.25, -0.2) is 0 Å². The Morgan fingerprint density at radius 3 is 0.814 bits per heavy atom. The third-order valence-electron chi connectivity index (χ3n) is 25.9. The van der Waals surface area contributed by atoms with Gasteiger partial charge in [0.05, 0.1) is 48.8 Å². The van der Waals surface area contributed by atoms with Gasteiger partial charge in [0.25, 0.3) is 9.28 Å². The van der Waals surface area contributed by atoms with Crippen molar-refractivity contribution < 1.29 is 60.1 Å². The van der Waals surface area contributed by atoms with Crippen LogP contribution in [0.1, 0.15) is 103 Å². The summed E-state index contributed by atoms with van der Waals surface area (Å²) in [6.07, 6.45) is 22.6. The van der Waals surface area contributed by atoms with Crippen LogP contribution in [0.5, 0.6) is 0 Å². The zero-order chi connectivity index (χ0) is 82.2. The molecule has 632 valence electrons. The Kier molecular flexibility index (Phi) is 29.4. The van der Waals surface area contributed by atoms with E-state index < -0.39 is 105 Å². The minimum absolute atomic E-state index is 0.404. The van der Waals surface area contributed by atoms with Crippen molar-refractivity contribution in [2.45, 2.75) is 254 Å². The molecule has 4 saturated carbocycles. The van der Waals surface area contributed by atoms with Gasteiger partial charge in [-0.15, -0.1) is 0 Å². The maximum Gasteiger partial charge on any atom is 0.389 e. The molecule has 16 atom stereocenters. The second kappa shape index (κ2) is 39.1. The Morgan fingerprint density at radius 2 is 0.517 bits per heavy atom. The maximum absolute atomic E-state index is 8.78. The Bertz CT molecular complexity index is 4260. The molecule has 4 heterocycles. The summed E-state index contributed by atoms with van der Waals surface area (Å²) in [5.41, 5.74) is 0. The van der Waals surface area contributed by atoms with Crippen molar-refractivity contribution in [3.05, 3.63) is 243 Å². The highest BCUT2D eigenvalue weighted by Gasteiger charge is 2.62. The molecule has 16 rings (SSSR count). The SMILES string of the molecule is C[SiH](C)O[SiH](C)O[SiH](C)O[Si](O[Si](O[SiH](C)C)(c1ccccc1)c1ccccc1)(c1ccccc1)c1ccccc1.C[Si](C)(CCC1CCC2OC2C1)O[Si](C)(CCC1CCC2OC2C1)O[Si](C)(CCC1CCC2OC2C1)O[Si](O[Si](O[Si](C)(C)CCC1CCC2OC2C1)(c1ccccc1)c1ccccc1)(c1ccccc1)c1ccccc1. The second-order valence-corrected chi connectivity index (χ2v) is 75.8. The lowest BCUT2D eigenvalue weighted by atomic mass is 9.88. The monoisotopic (exact) mass is 1800 g/mol. The van der Waals surface area contributed by atoms with E-state index in [4.69, 9.17) is 60.1 Å². The highest BCUT2D eigenvalue weighted by atomic mass is 28.5. The highest BCUT2D eigenvalue weighted by Crippen LogP contribution is 2.47. The summed E-state index contributed by atoms with van der Waals surface area (Å²) in [4.78, 5) is 0. The molecule has 4 aliphatic carbocycles. The Balaban J connectivity index is 0.000000224. The van der Waals surface area contributed by atoms with Gasteiger partial charge in [0.2, 0.25) is 0 Å². The summed E-state index contributed by atoms with van der Waals surface area (Å²) in [5, 5.41) is 8.64. The smallest absolute Gasteiger partial charge is 0.389 e. The van der Waals surface area contributed by atoms with E-state index in [0.29, 0.717) is 72.5 Å². The van der Waals surface area contributed by atoms with E-state index in [9.17, 15) is 0 Å². The molecule has 0 aromatic heterocycles. The van der Waals surface area contributed by atoms with Crippen molar-refractivity contribution in [3.8, 4) is 0 Å². The standard InChI is InChI=1S/C62H90O9Si6.C30H42O5Si6/c1-72(2,39-35-47-27-31-55-59(43-47)63-55)67-74(5,41-37-49-29-33-57-61(45-49)65-57)69-75(6,42-38-50-30-34-58-62(46-50)66-58)70-77(53-23-15-9-16-24-53,54-25-17-10-18-26-54)71-76(51-19-11-7-12-20-51,52-21-13-8-14-22-52)68-73(3,4)40-36-48-28-32-56-60(44-48)64-56;1-36(2)31-38(5)32-39(6)34-41(29-23-15-9-16-24-29,30-25-17-10-18-26-30)35-40(33-37(3)4,27-19-11-7-12-20-27)28-21-13-8-14-22-28/h7-26,47-50,55-62H,27-46H2,1-6H3;7-26,36-39H,1-6H3. The zero-order valence-corrected chi connectivity index (χ0v) is 84.8. The largest absolute Gasteiger partial charge is 0.442 e. The van der Waals surface area contributed by atoms with Crippen molar-refractivity contribution in [1.82, 2.24) is 0 Å². The van der Waals surface area contributed by atoms with Gasteiger partial charge >= 0.3 is 60.6 Å². The zero-order valence-electron chi connectivity index (χ0n) is 72.2. The van der Waals surface area contributed by atoms with E-state index in [0.717, 1.165) is 104 Å². The lowest BCUT2D eigenvalue weighted by Gasteiger charge is -2.49. The summed E-state index contributed by atoms with van der Waals surface area (Å²) in [5.74, 6) is 2.55. The normalized spacial score (nSPS) is 25.7. The van der Waals surface area contributed by atoms with Crippen molar-refractivity contribution in [3.63, 3.8) is 0 Å². The summed E-state index contributed by atoms with van der Waals surface area (Å²) in [6.45, 7) is 27.8. The van der Waals surface area contributed by atoms with Gasteiger partial charge in [0, 0.05) is 0 Å². The number of rotatable bonds is 40. The lowest BCUT2D eigenvalue weighted by molar-refractivity contribution is 0.271. The van der Waals surface area contributed by atoms with Crippen LogP contribution >= 0.6 is 0 Å². The minimum Gasteiger partial charge on any atom is -0.442 e. The number of ether oxygens (including phenoxy) is 4. The van der Waals surface area contributed by atoms with E-state index >= 15 is 0 Å². The van der Waals surface area contributed by atoms with Crippen LogP contribution in [0.2, 0.25) is 103 Å². The van der Waals surface area contributed by atoms with Gasteiger partial charge in [-0.2, -0.15) is 0 Å². The summed E-state index contributed by atoms with van der Waals surface area (Å²) >= 11 is 0. The van der Waals surface area contributed by atoms with Crippen LogP contribution in [0.4, 0.5) is 0 Å². The first-order valence-corrected chi connectivity index (χ1v) is 73.1. The molecule has 16 unspecified atom stereocenters. The Morgan fingerprint density at radius 1 is 0.254 bits per heavy atom. The molecule has 8 aromatic rings. The first kappa shape index (κ1) is 88.7. The molecule has 0 N–H and O–H groups in total. The van der Waals surface area contributed by atoms with Crippen molar-refractivity contribution in [1.29, 1.82) is 0 Å². The van der Waals surface area contributed by atoms with Gasteiger partial charge in [-0.1, -0.05) is 255 Å². The third kappa shape index (κ3) is 22.7. The second-order valence-electron chi connectivity index (χ2n) is 37.3. The summed E-state index contributed by atoms with van der Waals surface area (Å²) < 4.78 is 102. The van der Waals surface area contributed by atoms with Gasteiger partial charge in [0.1, 0.15) is 0 Å². The minimum atomic E-state index is -3.89. The van der Waals surface area contributed by atoms with E-state index in [1.54, 1.807) is 0 Å². The third-order valence-corrected chi connectivity index (χ3v) is 70.9. The van der Waals surface area contributed by atoms with E-state index in [1.165, 1.54) is 64.2 Å². The van der Waals surface area contributed by atoms with Crippen LogP contribution < -0.4 is 41.5 Å². The van der Waals surface area contributed by atoms with Crippen LogP contribution in [0.15, 0.2) is 243 Å². The van der Waals surface area contributed by atoms with E-state index in [2.05, 4.69) is 297 Å². The van der Waals surface area contributed by atoms with Gasteiger partial charge < -0.3 is 60.1 Å². The Labute approximate surface area is 721 Å². The van der Waals surface area contributed by atoms with Gasteiger partial charge in [0.15, 0.2) is 34.7 Å². The molecule has 0 bridgehead atoms. The molecule has 8 aromatic carbocycles. The molecule has 4 saturated heterocycles. The van der Waals surface area contributed by atoms with Gasteiger partial charge in [-0.3, -0.25) is 0 Å². The molecule has 8 fully saturated rings. The van der Waals surface area contributed by atoms with Crippen LogP contribution in [0.3, 0.4) is 0 Å². The molecule has 8 aliphatic rings. The molecular formula is C92H132O14Si12. The number of epoxide rings is 4. The fourth-order valence-electron chi connectivity index (χ4n) is 19.8. The molecular weight excluding hydrogens is 1670 g/mol. The molecule has 26 heteroatoms. The molecule has 4 aliphatic heterocycles. The van der Waals surface area contributed by atoms with Crippen molar-refractivity contribution in [2.75, 3.05) is 0 Å². The molecule has 0 spiro atoms. The highest BCUT2D eigenvalue weighted by molar-refractivity contribution is 7.09. The summed E-state index contributed by atoms with van der Waals surface area (Å²) in [6, 6.07) is 90.1. The molecule has 118 heavy (non-hydrogen) atoms. The number of fused-ring (bicyclic) bond motifs is 4. The fraction of sp³-hybridized carbons (Fsp3) is 0.478. The molecule has 0 radical (unpaired) electrons. The quantitative estimate of drug-likeness (QED) is 0.0265. The first-order chi connectivity index (χ1) is 56.9. The number of hydrogen-bond donors (Lipinski definition) is 0. The van der Waals surface area contributed by atoms with Crippen LogP contribution in [0.25, 0.3) is 0 Å². The molecule has 14 nitrogen and oxygen atoms in total. The number of hydrogen-bond acceptors (Lipinski definition) is 14. The fourth-order valence-corrected chi connectivity index (χ4v) is 72.4.